The van der Waals surface area contributed by atoms with E-state index in [9.17, 15) is 4.79 Å². The summed E-state index contributed by atoms with van der Waals surface area (Å²) >= 11 is 1.79. The number of thioether (sulfide) groups is 1. The van der Waals surface area contributed by atoms with Crippen molar-refractivity contribution in [3.63, 3.8) is 0 Å². The highest BCUT2D eigenvalue weighted by Gasteiger charge is 2.09. The normalized spacial score (nSPS) is 16.9. The molecule has 1 saturated heterocycles. The SMILES string of the molecule is O=Cc1ccccc1SCCN1CCCCC1. The Morgan fingerprint density at radius 2 is 1.94 bits per heavy atom. The molecule has 2 nitrogen and oxygen atoms in total. The summed E-state index contributed by atoms with van der Waals surface area (Å²) in [5.74, 6) is 1.07. The average molecular weight is 249 g/mol. The van der Waals surface area contributed by atoms with E-state index in [0.717, 1.165) is 29.0 Å². The van der Waals surface area contributed by atoms with Gasteiger partial charge >= 0.3 is 0 Å². The number of carbonyl (C=O) groups is 1. The van der Waals surface area contributed by atoms with Gasteiger partial charge in [-0.2, -0.15) is 0 Å². The monoisotopic (exact) mass is 249 g/mol. The summed E-state index contributed by atoms with van der Waals surface area (Å²) < 4.78 is 0. The third kappa shape index (κ3) is 3.86. The second-order valence-electron chi connectivity index (χ2n) is 4.41. The zero-order valence-electron chi connectivity index (χ0n) is 10.1. The lowest BCUT2D eigenvalue weighted by Crippen LogP contribution is -2.31. The topological polar surface area (TPSA) is 20.3 Å². The van der Waals surface area contributed by atoms with Gasteiger partial charge in [-0.15, -0.1) is 11.8 Å². The van der Waals surface area contributed by atoms with Crippen LogP contribution >= 0.6 is 11.8 Å². The van der Waals surface area contributed by atoms with Gasteiger partial charge in [-0.1, -0.05) is 24.6 Å². The van der Waals surface area contributed by atoms with Crippen LogP contribution in [0, 0.1) is 0 Å². The van der Waals surface area contributed by atoms with E-state index in [1.165, 1.54) is 32.4 Å². The van der Waals surface area contributed by atoms with Crippen LogP contribution in [0.2, 0.25) is 0 Å². The first-order chi connectivity index (χ1) is 8.40. The molecule has 0 N–H and O–H groups in total. The molecule has 1 aliphatic rings. The fourth-order valence-corrected chi connectivity index (χ4v) is 3.20. The summed E-state index contributed by atoms with van der Waals surface area (Å²) in [5.41, 5.74) is 0.816. The fraction of sp³-hybridized carbons (Fsp3) is 0.500. The zero-order valence-corrected chi connectivity index (χ0v) is 10.9. The highest BCUT2D eigenvalue weighted by atomic mass is 32.2. The number of piperidine rings is 1. The van der Waals surface area contributed by atoms with Gasteiger partial charge in [0, 0.05) is 22.8 Å². The molecule has 0 saturated carbocycles. The van der Waals surface area contributed by atoms with Crippen LogP contribution in [0.3, 0.4) is 0 Å². The predicted molar refractivity (Wildman–Crippen MR) is 72.8 cm³/mol. The van der Waals surface area contributed by atoms with Crippen molar-refractivity contribution in [1.82, 2.24) is 4.90 Å². The second-order valence-corrected chi connectivity index (χ2v) is 5.54. The quantitative estimate of drug-likeness (QED) is 0.591. The van der Waals surface area contributed by atoms with Crippen molar-refractivity contribution >= 4 is 18.0 Å². The van der Waals surface area contributed by atoms with Crippen molar-refractivity contribution in [1.29, 1.82) is 0 Å². The molecule has 1 aromatic rings. The number of hydrogen-bond acceptors (Lipinski definition) is 3. The maximum atomic E-state index is 10.9. The van der Waals surface area contributed by atoms with E-state index < -0.39 is 0 Å². The molecule has 0 amide bonds. The van der Waals surface area contributed by atoms with Gasteiger partial charge in [0.1, 0.15) is 0 Å². The summed E-state index contributed by atoms with van der Waals surface area (Å²) in [7, 11) is 0. The van der Waals surface area contributed by atoms with Gasteiger partial charge < -0.3 is 4.90 Å². The van der Waals surface area contributed by atoms with Crippen LogP contribution in [0.15, 0.2) is 29.2 Å². The first kappa shape index (κ1) is 12.7. The molecule has 92 valence electrons. The first-order valence-corrected chi connectivity index (χ1v) is 7.28. The molecule has 17 heavy (non-hydrogen) atoms. The summed E-state index contributed by atoms with van der Waals surface area (Å²) in [6, 6.07) is 7.83. The number of carbonyl (C=O) groups excluding carboxylic acids is 1. The number of aldehydes is 1. The van der Waals surface area contributed by atoms with Crippen molar-refractivity contribution in [3.05, 3.63) is 29.8 Å². The minimum atomic E-state index is 0.816. The standard InChI is InChI=1S/C14H19NOS/c16-12-13-6-2-3-7-14(13)17-11-10-15-8-4-1-5-9-15/h2-3,6-7,12H,1,4-5,8-11H2. The van der Waals surface area contributed by atoms with E-state index >= 15 is 0 Å². The molecule has 0 radical (unpaired) electrons. The van der Waals surface area contributed by atoms with Gasteiger partial charge in [-0.3, -0.25) is 4.79 Å². The third-order valence-electron chi connectivity index (χ3n) is 3.16. The molecule has 2 rings (SSSR count). The molecule has 3 heteroatoms. The lowest BCUT2D eigenvalue weighted by atomic mass is 10.1. The molecule has 0 bridgehead atoms. The maximum Gasteiger partial charge on any atom is 0.151 e. The van der Waals surface area contributed by atoms with Crippen LogP contribution in [0.5, 0.6) is 0 Å². The van der Waals surface area contributed by atoms with E-state index in [4.69, 9.17) is 0 Å². The molecule has 1 aromatic carbocycles. The maximum absolute atomic E-state index is 10.9. The smallest absolute Gasteiger partial charge is 0.151 e. The average Bonchev–Trinajstić information content (AvgIpc) is 2.40. The van der Waals surface area contributed by atoms with Crippen LogP contribution in [0.25, 0.3) is 0 Å². The van der Waals surface area contributed by atoms with Crippen LogP contribution in [-0.4, -0.2) is 36.6 Å². The lowest BCUT2D eigenvalue weighted by molar-refractivity contribution is 0.112. The number of likely N-dealkylation sites (tertiary alicyclic amines) is 1. The number of hydrogen-bond donors (Lipinski definition) is 0. The lowest BCUT2D eigenvalue weighted by Gasteiger charge is -2.26. The van der Waals surface area contributed by atoms with E-state index in [2.05, 4.69) is 4.90 Å². The van der Waals surface area contributed by atoms with Crippen LogP contribution in [0.1, 0.15) is 29.6 Å². The van der Waals surface area contributed by atoms with E-state index in [-0.39, 0.29) is 0 Å². The first-order valence-electron chi connectivity index (χ1n) is 6.29. The summed E-state index contributed by atoms with van der Waals surface area (Å²) in [5, 5.41) is 0. The summed E-state index contributed by atoms with van der Waals surface area (Å²) in [6.45, 7) is 3.63. The van der Waals surface area contributed by atoms with Crippen LogP contribution < -0.4 is 0 Å². The Kier molecular flexibility index (Phi) is 5.08. The minimum absolute atomic E-state index is 0.816. The van der Waals surface area contributed by atoms with E-state index in [0.29, 0.717) is 0 Å². The Balaban J connectivity index is 1.79. The van der Waals surface area contributed by atoms with Gasteiger partial charge in [0.15, 0.2) is 6.29 Å². The molecule has 1 heterocycles. The highest BCUT2D eigenvalue weighted by Crippen LogP contribution is 2.21. The second kappa shape index (κ2) is 6.82. The fourth-order valence-electron chi connectivity index (χ4n) is 2.18. The molecule has 0 unspecified atom stereocenters. The molecule has 1 fully saturated rings. The molecule has 0 aliphatic carbocycles. The Morgan fingerprint density at radius 3 is 2.71 bits per heavy atom. The Bertz CT molecular complexity index is 361. The van der Waals surface area contributed by atoms with Crippen LogP contribution in [0.4, 0.5) is 0 Å². The Hall–Kier alpha value is -0.800. The van der Waals surface area contributed by atoms with Crippen molar-refractivity contribution in [2.75, 3.05) is 25.4 Å². The highest BCUT2D eigenvalue weighted by molar-refractivity contribution is 7.99. The Labute approximate surface area is 107 Å². The number of rotatable bonds is 5. The van der Waals surface area contributed by atoms with E-state index in [1.54, 1.807) is 11.8 Å². The minimum Gasteiger partial charge on any atom is -0.303 e. The summed E-state index contributed by atoms with van der Waals surface area (Å²) in [6.07, 6.45) is 5.02. The summed E-state index contributed by atoms with van der Waals surface area (Å²) in [4.78, 5) is 14.5. The van der Waals surface area contributed by atoms with Crippen molar-refractivity contribution in [3.8, 4) is 0 Å². The molecule has 0 atom stereocenters. The molecular weight excluding hydrogens is 230 g/mol. The number of nitrogens with zero attached hydrogens (tertiary/aromatic N) is 1. The van der Waals surface area contributed by atoms with Gasteiger partial charge in [0.25, 0.3) is 0 Å². The van der Waals surface area contributed by atoms with Gasteiger partial charge in [0.2, 0.25) is 0 Å². The van der Waals surface area contributed by atoms with Gasteiger partial charge in [-0.05, 0) is 32.0 Å². The van der Waals surface area contributed by atoms with Gasteiger partial charge in [-0.25, -0.2) is 0 Å². The zero-order chi connectivity index (χ0) is 11.9. The van der Waals surface area contributed by atoms with Crippen molar-refractivity contribution in [2.24, 2.45) is 0 Å². The number of benzene rings is 1. The molecular formula is C14H19NOS. The van der Waals surface area contributed by atoms with Crippen molar-refractivity contribution in [2.45, 2.75) is 24.2 Å². The third-order valence-corrected chi connectivity index (χ3v) is 4.23. The van der Waals surface area contributed by atoms with Crippen LogP contribution in [-0.2, 0) is 0 Å². The molecule has 1 aliphatic heterocycles. The van der Waals surface area contributed by atoms with E-state index in [1.807, 2.05) is 24.3 Å². The largest absolute Gasteiger partial charge is 0.303 e. The molecule has 0 spiro atoms. The van der Waals surface area contributed by atoms with Crippen molar-refractivity contribution < 1.29 is 4.79 Å². The Morgan fingerprint density at radius 1 is 1.18 bits per heavy atom. The molecule has 0 aromatic heterocycles. The van der Waals surface area contributed by atoms with Gasteiger partial charge in [0.05, 0.1) is 0 Å². The predicted octanol–water partition coefficient (Wildman–Crippen LogP) is 3.08.